The van der Waals surface area contributed by atoms with Crippen LogP contribution < -0.4 is 0 Å². The first-order valence-corrected chi connectivity index (χ1v) is 10.1. The average Bonchev–Trinajstić information content (AvgIpc) is 2.55. The Bertz CT molecular complexity index is 332. The molecule has 0 aromatic rings. The maximum atomic E-state index is 6.16. The minimum atomic E-state index is -0.743. The van der Waals surface area contributed by atoms with Gasteiger partial charge in [-0.05, 0) is 34.1 Å². The molecule has 0 spiro atoms. The van der Waals surface area contributed by atoms with Gasteiger partial charge in [0.05, 0.1) is 25.4 Å². The van der Waals surface area contributed by atoms with Crippen molar-refractivity contribution >= 4 is 0 Å². The molecule has 1 fully saturated rings. The van der Waals surface area contributed by atoms with E-state index in [9.17, 15) is 0 Å². The molecule has 1 rings (SSSR count). The van der Waals surface area contributed by atoms with E-state index >= 15 is 0 Å². The Morgan fingerprint density at radius 2 is 1.64 bits per heavy atom. The molecule has 0 aromatic carbocycles. The zero-order chi connectivity index (χ0) is 18.6. The van der Waals surface area contributed by atoms with Gasteiger partial charge in [-0.3, -0.25) is 0 Å². The molecule has 0 N–H and O–H groups in total. The van der Waals surface area contributed by atoms with Gasteiger partial charge in [-0.2, -0.15) is 0 Å². The zero-order valence-electron chi connectivity index (χ0n) is 17.1. The third-order valence-corrected chi connectivity index (χ3v) is 4.61. The van der Waals surface area contributed by atoms with Crippen molar-refractivity contribution in [2.45, 2.75) is 97.2 Å². The normalized spacial score (nSPS) is 23.2. The van der Waals surface area contributed by atoms with Gasteiger partial charge in [0.2, 0.25) is 0 Å². The molecule has 5 heteroatoms. The van der Waals surface area contributed by atoms with Crippen LogP contribution in [-0.4, -0.2) is 50.7 Å². The van der Waals surface area contributed by atoms with E-state index in [1.165, 1.54) is 32.1 Å². The molecule has 25 heavy (non-hydrogen) atoms. The van der Waals surface area contributed by atoms with Crippen molar-refractivity contribution in [2.75, 3.05) is 33.0 Å². The van der Waals surface area contributed by atoms with Crippen molar-refractivity contribution in [3.8, 4) is 0 Å². The van der Waals surface area contributed by atoms with Gasteiger partial charge in [-0.15, -0.1) is 0 Å². The van der Waals surface area contributed by atoms with Crippen molar-refractivity contribution in [1.29, 1.82) is 0 Å². The van der Waals surface area contributed by atoms with E-state index < -0.39 is 5.79 Å². The summed E-state index contributed by atoms with van der Waals surface area (Å²) in [7, 11) is 0. The molecule has 0 radical (unpaired) electrons. The zero-order valence-corrected chi connectivity index (χ0v) is 17.1. The summed E-state index contributed by atoms with van der Waals surface area (Å²) in [4.78, 5) is 0. The van der Waals surface area contributed by atoms with Crippen LogP contribution in [0.15, 0.2) is 0 Å². The Labute approximate surface area is 154 Å². The Morgan fingerprint density at radius 3 is 2.24 bits per heavy atom. The van der Waals surface area contributed by atoms with Crippen LogP contribution in [0.25, 0.3) is 0 Å². The maximum absolute atomic E-state index is 6.16. The number of rotatable bonds is 14. The van der Waals surface area contributed by atoms with Gasteiger partial charge >= 0.3 is 0 Å². The molecule has 3 atom stereocenters. The highest BCUT2D eigenvalue weighted by atomic mass is 16.8. The van der Waals surface area contributed by atoms with Crippen LogP contribution in [0.2, 0.25) is 0 Å². The largest absolute Gasteiger partial charge is 0.375 e. The van der Waals surface area contributed by atoms with Crippen LogP contribution in [0.5, 0.6) is 0 Å². The molecule has 150 valence electrons. The van der Waals surface area contributed by atoms with Crippen molar-refractivity contribution in [3.63, 3.8) is 0 Å². The number of ether oxygens (including phenoxy) is 5. The van der Waals surface area contributed by atoms with Crippen LogP contribution in [0.3, 0.4) is 0 Å². The van der Waals surface area contributed by atoms with Gasteiger partial charge in [0.25, 0.3) is 0 Å². The minimum absolute atomic E-state index is 0.263. The lowest BCUT2D eigenvalue weighted by Crippen LogP contribution is -2.47. The summed E-state index contributed by atoms with van der Waals surface area (Å²) < 4.78 is 29.4. The van der Waals surface area contributed by atoms with E-state index in [0.29, 0.717) is 39.5 Å². The first-order valence-electron chi connectivity index (χ1n) is 10.1. The SMILES string of the molecule is CCCCCCCC(C)(CC(C)(OCC)OC1COCCO1)OCC. The fourth-order valence-corrected chi connectivity index (χ4v) is 3.59. The molecule has 0 aliphatic carbocycles. The first kappa shape index (κ1) is 22.8. The molecule has 0 amide bonds. The van der Waals surface area contributed by atoms with E-state index in [-0.39, 0.29) is 11.9 Å². The second-order valence-electron chi connectivity index (χ2n) is 7.28. The molecular weight excluding hydrogens is 320 g/mol. The molecule has 1 saturated heterocycles. The lowest BCUT2D eigenvalue weighted by molar-refractivity contribution is -0.335. The Hall–Kier alpha value is -0.200. The lowest BCUT2D eigenvalue weighted by Gasteiger charge is -2.41. The Morgan fingerprint density at radius 1 is 0.920 bits per heavy atom. The van der Waals surface area contributed by atoms with Crippen LogP contribution in [-0.2, 0) is 23.7 Å². The summed E-state index contributed by atoms with van der Waals surface area (Å²) in [5.74, 6) is -0.743. The average molecular weight is 361 g/mol. The predicted octanol–water partition coefficient (Wildman–Crippen LogP) is 4.67. The second kappa shape index (κ2) is 12.2. The maximum Gasteiger partial charge on any atom is 0.184 e. The molecule has 0 bridgehead atoms. The summed E-state index contributed by atoms with van der Waals surface area (Å²) in [6, 6.07) is 0. The highest BCUT2D eigenvalue weighted by Gasteiger charge is 2.39. The third kappa shape index (κ3) is 9.34. The van der Waals surface area contributed by atoms with Crippen molar-refractivity contribution in [2.24, 2.45) is 0 Å². The molecule has 5 nitrogen and oxygen atoms in total. The Kier molecular flexibility index (Phi) is 11.2. The van der Waals surface area contributed by atoms with Crippen molar-refractivity contribution in [1.82, 2.24) is 0 Å². The summed E-state index contributed by atoms with van der Waals surface area (Å²) in [5, 5.41) is 0. The molecule has 1 aliphatic heterocycles. The molecule has 3 unspecified atom stereocenters. The number of hydrogen-bond acceptors (Lipinski definition) is 5. The molecule has 0 saturated carbocycles. The monoisotopic (exact) mass is 360 g/mol. The fraction of sp³-hybridized carbons (Fsp3) is 1.00. The fourth-order valence-electron chi connectivity index (χ4n) is 3.59. The standard InChI is InChI=1S/C20H40O5/c1-6-9-10-11-12-13-19(4,23-7-2)17-20(5,24-8-3)25-18-16-21-14-15-22-18/h18H,6-17H2,1-5H3. The number of hydrogen-bond donors (Lipinski definition) is 0. The van der Waals surface area contributed by atoms with Crippen LogP contribution in [0.4, 0.5) is 0 Å². The lowest BCUT2D eigenvalue weighted by atomic mass is 9.90. The molecule has 1 heterocycles. The van der Waals surface area contributed by atoms with E-state index in [1.807, 2.05) is 20.8 Å². The summed E-state index contributed by atoms with van der Waals surface area (Å²) in [6.07, 6.45) is 7.61. The highest BCUT2D eigenvalue weighted by Crippen LogP contribution is 2.33. The molecular formula is C20H40O5. The summed E-state index contributed by atoms with van der Waals surface area (Å²) in [5.41, 5.74) is -0.263. The summed E-state index contributed by atoms with van der Waals surface area (Å²) >= 11 is 0. The van der Waals surface area contributed by atoms with E-state index in [2.05, 4.69) is 13.8 Å². The second-order valence-corrected chi connectivity index (χ2v) is 7.28. The smallest absolute Gasteiger partial charge is 0.184 e. The molecule has 0 aromatic heterocycles. The molecule has 1 aliphatic rings. The van der Waals surface area contributed by atoms with E-state index in [1.54, 1.807) is 0 Å². The quantitative estimate of drug-likeness (QED) is 0.333. The van der Waals surface area contributed by atoms with Gasteiger partial charge in [0, 0.05) is 19.6 Å². The van der Waals surface area contributed by atoms with Gasteiger partial charge in [0.15, 0.2) is 12.1 Å². The van der Waals surface area contributed by atoms with Crippen molar-refractivity contribution < 1.29 is 23.7 Å². The van der Waals surface area contributed by atoms with Gasteiger partial charge in [0.1, 0.15) is 0 Å². The first-order chi connectivity index (χ1) is 12.0. The van der Waals surface area contributed by atoms with Crippen molar-refractivity contribution in [3.05, 3.63) is 0 Å². The van der Waals surface area contributed by atoms with Gasteiger partial charge in [-0.1, -0.05) is 39.0 Å². The van der Waals surface area contributed by atoms with Gasteiger partial charge in [-0.25, -0.2) is 0 Å². The van der Waals surface area contributed by atoms with E-state index in [4.69, 9.17) is 23.7 Å². The summed E-state index contributed by atoms with van der Waals surface area (Å²) in [6.45, 7) is 13.4. The van der Waals surface area contributed by atoms with Crippen LogP contribution in [0, 0.1) is 0 Å². The predicted molar refractivity (Wildman–Crippen MR) is 99.7 cm³/mol. The third-order valence-electron chi connectivity index (χ3n) is 4.61. The van der Waals surface area contributed by atoms with Gasteiger partial charge < -0.3 is 23.7 Å². The number of unbranched alkanes of at least 4 members (excludes halogenated alkanes) is 4. The van der Waals surface area contributed by atoms with E-state index in [0.717, 1.165) is 6.42 Å². The Balaban J connectivity index is 2.63. The van der Waals surface area contributed by atoms with Crippen LogP contribution in [0.1, 0.15) is 79.6 Å². The minimum Gasteiger partial charge on any atom is -0.375 e. The topological polar surface area (TPSA) is 46.2 Å². The highest BCUT2D eigenvalue weighted by molar-refractivity contribution is 4.83. The van der Waals surface area contributed by atoms with Crippen LogP contribution >= 0.6 is 0 Å².